The van der Waals surface area contributed by atoms with Gasteiger partial charge < -0.3 is 9.64 Å². The van der Waals surface area contributed by atoms with Crippen molar-refractivity contribution in [3.05, 3.63) is 40.2 Å². The molecule has 10 heteroatoms. The number of methoxy groups -OCH3 is 1. The van der Waals surface area contributed by atoms with Gasteiger partial charge in [0.15, 0.2) is 5.16 Å². The lowest BCUT2D eigenvalue weighted by molar-refractivity contribution is -0.384. The number of amides is 1. The maximum Gasteiger partial charge on any atom is 0.270 e. The third-order valence-electron chi connectivity index (χ3n) is 2.98. The molecule has 0 aliphatic heterocycles. The zero-order chi connectivity index (χ0) is 16.8. The maximum atomic E-state index is 12.6. The van der Waals surface area contributed by atoms with Crippen molar-refractivity contribution in [2.75, 3.05) is 27.3 Å². The largest absolute Gasteiger partial charge is 0.383 e. The van der Waals surface area contributed by atoms with Crippen LogP contribution in [0.15, 0.2) is 34.6 Å². The first-order valence-electron chi connectivity index (χ1n) is 6.59. The number of non-ortho nitro benzene ring substituents is 1. The van der Waals surface area contributed by atoms with Crippen LogP contribution in [0.3, 0.4) is 0 Å². The first-order chi connectivity index (χ1) is 11.0. The van der Waals surface area contributed by atoms with Crippen LogP contribution in [0.4, 0.5) is 5.69 Å². The molecule has 0 saturated carbocycles. The molecule has 23 heavy (non-hydrogen) atoms. The van der Waals surface area contributed by atoms with E-state index in [1.54, 1.807) is 7.05 Å². The van der Waals surface area contributed by atoms with Gasteiger partial charge in [0.1, 0.15) is 6.33 Å². The molecule has 0 bridgehead atoms. The molecule has 9 nitrogen and oxygen atoms in total. The number of nitrogens with zero attached hydrogens (tertiary/aromatic N) is 4. The van der Waals surface area contributed by atoms with Crippen molar-refractivity contribution < 1.29 is 14.5 Å². The number of carbonyl (C=O) groups is 1. The van der Waals surface area contributed by atoms with Crippen molar-refractivity contribution in [1.29, 1.82) is 0 Å². The van der Waals surface area contributed by atoms with E-state index in [0.29, 0.717) is 23.2 Å². The second-order valence-corrected chi connectivity index (χ2v) is 5.58. The number of carbonyl (C=O) groups excluding carboxylic acids is 1. The maximum absolute atomic E-state index is 12.6. The summed E-state index contributed by atoms with van der Waals surface area (Å²) in [6.07, 6.45) is 1.35. The smallest absolute Gasteiger partial charge is 0.270 e. The molecular formula is C13H15N5O4S. The minimum absolute atomic E-state index is 0.143. The molecule has 2 aromatic rings. The van der Waals surface area contributed by atoms with Gasteiger partial charge in [-0.15, -0.1) is 0 Å². The Hall–Kier alpha value is -2.46. The number of rotatable bonds is 7. The number of nitrogens with one attached hydrogen (secondary N) is 1. The molecule has 0 spiro atoms. The predicted molar refractivity (Wildman–Crippen MR) is 82.4 cm³/mol. The monoisotopic (exact) mass is 337 g/mol. The number of H-pyrrole nitrogens is 1. The van der Waals surface area contributed by atoms with Gasteiger partial charge in [-0.25, -0.2) is 4.98 Å². The van der Waals surface area contributed by atoms with Crippen LogP contribution in [0.5, 0.6) is 0 Å². The van der Waals surface area contributed by atoms with Crippen LogP contribution >= 0.6 is 11.8 Å². The molecule has 1 aromatic carbocycles. The number of nitro benzene ring substituents is 1. The highest BCUT2D eigenvalue weighted by atomic mass is 32.2. The number of benzene rings is 1. The van der Waals surface area contributed by atoms with Gasteiger partial charge in [0, 0.05) is 37.7 Å². The van der Waals surface area contributed by atoms with Crippen LogP contribution < -0.4 is 0 Å². The lowest BCUT2D eigenvalue weighted by Crippen LogP contribution is -2.30. The fourth-order valence-corrected chi connectivity index (χ4v) is 2.57. The minimum atomic E-state index is -0.533. The zero-order valence-electron chi connectivity index (χ0n) is 12.6. The Kier molecular flexibility index (Phi) is 5.66. The van der Waals surface area contributed by atoms with Gasteiger partial charge in [0.25, 0.3) is 11.6 Å². The van der Waals surface area contributed by atoms with Crippen molar-refractivity contribution in [3.8, 4) is 0 Å². The van der Waals surface area contributed by atoms with Crippen LogP contribution in [0.2, 0.25) is 0 Å². The third-order valence-corrected chi connectivity index (χ3v) is 3.95. The molecule has 1 heterocycles. The lowest BCUT2D eigenvalue weighted by atomic mass is 10.1. The van der Waals surface area contributed by atoms with E-state index in [1.165, 1.54) is 48.3 Å². The molecule has 0 atom stereocenters. The van der Waals surface area contributed by atoms with Crippen LogP contribution in [0.1, 0.15) is 10.4 Å². The summed E-state index contributed by atoms with van der Waals surface area (Å²) >= 11 is 1.18. The Morgan fingerprint density at radius 3 is 2.91 bits per heavy atom. The predicted octanol–water partition coefficient (Wildman–Crippen LogP) is 1.58. The molecule has 0 saturated heterocycles. The van der Waals surface area contributed by atoms with Gasteiger partial charge in [-0.2, -0.15) is 5.10 Å². The normalized spacial score (nSPS) is 10.5. The molecule has 0 radical (unpaired) electrons. The van der Waals surface area contributed by atoms with Crippen molar-refractivity contribution in [1.82, 2.24) is 20.1 Å². The van der Waals surface area contributed by atoms with Gasteiger partial charge in [-0.3, -0.25) is 20.0 Å². The SMILES string of the molecule is COCCN(C)C(=O)c1cc([N+](=O)[O-])ccc1Sc1ncn[nH]1. The summed E-state index contributed by atoms with van der Waals surface area (Å²) in [5.74, 6) is -0.326. The second-order valence-electron chi connectivity index (χ2n) is 4.55. The number of aromatic amines is 1. The number of nitro groups is 1. The Balaban J connectivity index is 2.34. The van der Waals surface area contributed by atoms with Gasteiger partial charge in [0.2, 0.25) is 0 Å². The standard InChI is InChI=1S/C13H15N5O4S/c1-17(5-6-22-2)12(19)10-7-9(18(20)21)3-4-11(10)23-13-14-8-15-16-13/h3-4,7-8H,5-6H2,1-2H3,(H,14,15,16). The van der Waals surface area contributed by atoms with E-state index >= 15 is 0 Å². The highest BCUT2D eigenvalue weighted by Gasteiger charge is 2.21. The van der Waals surface area contributed by atoms with Crippen molar-refractivity contribution >= 4 is 23.4 Å². The summed E-state index contributed by atoms with van der Waals surface area (Å²) in [5, 5.41) is 17.9. The van der Waals surface area contributed by atoms with E-state index in [0.717, 1.165) is 0 Å². The molecule has 0 aliphatic carbocycles. The molecule has 0 unspecified atom stereocenters. The fourth-order valence-electron chi connectivity index (χ4n) is 1.77. The second kappa shape index (κ2) is 7.70. The summed E-state index contributed by atoms with van der Waals surface area (Å²) in [4.78, 5) is 29.0. The average Bonchev–Trinajstić information content (AvgIpc) is 3.05. The van der Waals surface area contributed by atoms with E-state index in [4.69, 9.17) is 4.74 Å². The van der Waals surface area contributed by atoms with Crippen molar-refractivity contribution in [2.45, 2.75) is 10.1 Å². The Bertz CT molecular complexity index is 692. The first kappa shape index (κ1) is 16.9. The van der Waals surface area contributed by atoms with E-state index in [-0.39, 0.29) is 17.2 Å². The number of aromatic nitrogens is 3. The highest BCUT2D eigenvalue weighted by molar-refractivity contribution is 7.99. The van der Waals surface area contributed by atoms with Crippen molar-refractivity contribution in [3.63, 3.8) is 0 Å². The zero-order valence-corrected chi connectivity index (χ0v) is 13.4. The fraction of sp³-hybridized carbons (Fsp3) is 0.308. The Morgan fingerprint density at radius 2 is 2.30 bits per heavy atom. The summed E-state index contributed by atoms with van der Waals surface area (Å²) in [7, 11) is 3.15. The lowest BCUT2D eigenvalue weighted by Gasteiger charge is -2.18. The van der Waals surface area contributed by atoms with E-state index in [9.17, 15) is 14.9 Å². The van der Waals surface area contributed by atoms with Crippen LogP contribution in [0.25, 0.3) is 0 Å². The summed E-state index contributed by atoms with van der Waals surface area (Å²) in [6, 6.07) is 4.15. The number of hydrogen-bond acceptors (Lipinski definition) is 7. The Morgan fingerprint density at radius 1 is 1.52 bits per heavy atom. The number of ether oxygens (including phenoxy) is 1. The van der Waals surface area contributed by atoms with E-state index < -0.39 is 4.92 Å². The molecule has 1 amide bonds. The molecule has 0 aliphatic rings. The van der Waals surface area contributed by atoms with Gasteiger partial charge in [-0.1, -0.05) is 0 Å². The highest BCUT2D eigenvalue weighted by Crippen LogP contribution is 2.31. The van der Waals surface area contributed by atoms with Crippen LogP contribution in [-0.4, -0.2) is 58.2 Å². The van der Waals surface area contributed by atoms with Crippen molar-refractivity contribution in [2.24, 2.45) is 0 Å². The molecule has 1 aromatic heterocycles. The van der Waals surface area contributed by atoms with Gasteiger partial charge >= 0.3 is 0 Å². The number of likely N-dealkylation sites (N-methyl/N-ethyl adjacent to an activating group) is 1. The van der Waals surface area contributed by atoms with E-state index in [2.05, 4.69) is 15.2 Å². The van der Waals surface area contributed by atoms with Crippen LogP contribution in [-0.2, 0) is 4.74 Å². The average molecular weight is 337 g/mol. The Labute approximate surface area is 136 Å². The minimum Gasteiger partial charge on any atom is -0.383 e. The van der Waals surface area contributed by atoms with Gasteiger partial charge in [0.05, 0.1) is 17.1 Å². The van der Waals surface area contributed by atoms with Gasteiger partial charge in [-0.05, 0) is 17.8 Å². The topological polar surface area (TPSA) is 114 Å². The van der Waals surface area contributed by atoms with E-state index in [1.807, 2.05) is 0 Å². The quantitative estimate of drug-likeness (QED) is 0.602. The molecule has 1 N–H and O–H groups in total. The molecule has 0 fully saturated rings. The third kappa shape index (κ3) is 4.27. The molecule has 2 rings (SSSR count). The van der Waals surface area contributed by atoms with Crippen LogP contribution in [0, 0.1) is 10.1 Å². The summed E-state index contributed by atoms with van der Waals surface area (Å²) in [6.45, 7) is 0.756. The first-order valence-corrected chi connectivity index (χ1v) is 7.40. The molecular weight excluding hydrogens is 322 g/mol. The summed E-state index contributed by atoms with van der Waals surface area (Å²) in [5.41, 5.74) is 0.0922. The summed E-state index contributed by atoms with van der Waals surface area (Å²) < 4.78 is 4.95. The molecule has 122 valence electrons. The number of hydrogen-bond donors (Lipinski definition) is 1.